The van der Waals surface area contributed by atoms with Gasteiger partial charge in [-0.05, 0) is 17.7 Å². The first kappa shape index (κ1) is 21.9. The largest absolute Gasteiger partial charge is 0.490 e. The number of para-hydroxylation sites is 1. The SMILES string of the molecule is CN(C)C(=S)SC(CC(Cc1ccccc1)Oc1ccccc1)P(=O)(O)O. The summed E-state index contributed by atoms with van der Waals surface area (Å²) in [6.07, 6.45) is 0.318. The molecule has 5 nitrogen and oxygen atoms in total. The topological polar surface area (TPSA) is 70.0 Å². The molecule has 2 N–H and O–H groups in total. The van der Waals surface area contributed by atoms with Crippen LogP contribution < -0.4 is 4.74 Å². The zero-order chi connectivity index (χ0) is 19.9. The van der Waals surface area contributed by atoms with E-state index >= 15 is 0 Å². The first-order chi connectivity index (χ1) is 12.8. The minimum atomic E-state index is -4.36. The van der Waals surface area contributed by atoms with E-state index in [4.69, 9.17) is 17.0 Å². The Bertz CT molecular complexity index is 726. The number of thioether (sulfide) groups is 1. The van der Waals surface area contributed by atoms with Gasteiger partial charge in [-0.2, -0.15) is 0 Å². The van der Waals surface area contributed by atoms with Gasteiger partial charge in [0.25, 0.3) is 0 Å². The van der Waals surface area contributed by atoms with Crippen LogP contribution in [0.2, 0.25) is 0 Å². The molecule has 0 fully saturated rings. The first-order valence-corrected chi connectivity index (χ1v) is 11.4. The van der Waals surface area contributed by atoms with E-state index in [2.05, 4.69) is 0 Å². The third-order valence-electron chi connectivity index (χ3n) is 3.79. The molecule has 0 heterocycles. The van der Waals surface area contributed by atoms with Crippen LogP contribution in [0.4, 0.5) is 0 Å². The molecule has 27 heavy (non-hydrogen) atoms. The number of nitrogens with zero attached hydrogens (tertiary/aromatic N) is 1. The highest BCUT2D eigenvalue weighted by molar-refractivity contribution is 8.25. The monoisotopic (exact) mass is 425 g/mol. The molecule has 2 unspecified atom stereocenters. The number of thiocarbonyl (C=S) groups is 1. The normalized spacial score (nSPS) is 13.6. The van der Waals surface area contributed by atoms with Crippen LogP contribution >= 0.6 is 31.6 Å². The molecule has 0 saturated carbocycles. The van der Waals surface area contributed by atoms with E-state index in [-0.39, 0.29) is 6.42 Å². The van der Waals surface area contributed by atoms with Gasteiger partial charge in [-0.25, -0.2) is 0 Å². The second kappa shape index (κ2) is 10.2. The van der Waals surface area contributed by atoms with Crippen LogP contribution in [0, 0.1) is 0 Å². The summed E-state index contributed by atoms with van der Waals surface area (Å²) in [7, 11) is -0.848. The van der Waals surface area contributed by atoms with E-state index in [1.165, 1.54) is 0 Å². The molecular formula is C19H24NO4PS2. The second-order valence-electron chi connectivity index (χ2n) is 6.30. The smallest absolute Gasteiger partial charge is 0.339 e. The van der Waals surface area contributed by atoms with Gasteiger partial charge in [0, 0.05) is 26.9 Å². The fourth-order valence-electron chi connectivity index (χ4n) is 2.44. The number of hydrogen-bond donors (Lipinski definition) is 2. The summed E-state index contributed by atoms with van der Waals surface area (Å²) in [5.41, 5.74) is 1.04. The quantitative estimate of drug-likeness (QED) is 0.486. The summed E-state index contributed by atoms with van der Waals surface area (Å²) in [5.74, 6) is 0.670. The Morgan fingerprint density at radius 3 is 2.19 bits per heavy atom. The van der Waals surface area contributed by atoms with Crippen molar-refractivity contribution in [2.45, 2.75) is 23.9 Å². The number of rotatable bonds is 8. The van der Waals surface area contributed by atoms with Gasteiger partial charge in [0.1, 0.15) is 21.2 Å². The Labute approximate surface area is 169 Å². The number of benzene rings is 2. The minimum Gasteiger partial charge on any atom is -0.490 e. The summed E-state index contributed by atoms with van der Waals surface area (Å²) >= 11 is 6.26. The molecule has 0 amide bonds. The van der Waals surface area contributed by atoms with Crippen molar-refractivity contribution in [3.63, 3.8) is 0 Å². The van der Waals surface area contributed by atoms with Gasteiger partial charge in [-0.1, -0.05) is 72.5 Å². The Morgan fingerprint density at radius 2 is 1.67 bits per heavy atom. The van der Waals surface area contributed by atoms with E-state index in [9.17, 15) is 14.4 Å². The van der Waals surface area contributed by atoms with Crippen LogP contribution in [0.5, 0.6) is 5.75 Å². The lowest BCUT2D eigenvalue weighted by Crippen LogP contribution is -2.27. The molecule has 0 radical (unpaired) electrons. The van der Waals surface area contributed by atoms with Gasteiger partial charge in [-0.15, -0.1) is 0 Å². The van der Waals surface area contributed by atoms with Gasteiger partial charge in [0.2, 0.25) is 0 Å². The van der Waals surface area contributed by atoms with Crippen molar-refractivity contribution < 1.29 is 19.1 Å². The van der Waals surface area contributed by atoms with Crippen LogP contribution in [0.3, 0.4) is 0 Å². The number of ether oxygens (including phenoxy) is 1. The predicted molar refractivity (Wildman–Crippen MR) is 115 cm³/mol. The summed E-state index contributed by atoms with van der Waals surface area (Å²) in [6.45, 7) is 0. The van der Waals surface area contributed by atoms with Crippen LogP contribution in [0.25, 0.3) is 0 Å². The molecule has 8 heteroatoms. The average molecular weight is 426 g/mol. The average Bonchev–Trinajstić information content (AvgIpc) is 2.62. The molecule has 2 atom stereocenters. The van der Waals surface area contributed by atoms with Gasteiger partial charge >= 0.3 is 7.60 Å². The highest BCUT2D eigenvalue weighted by atomic mass is 32.2. The predicted octanol–water partition coefficient (Wildman–Crippen LogP) is 4.15. The van der Waals surface area contributed by atoms with Gasteiger partial charge in [0.15, 0.2) is 0 Å². The van der Waals surface area contributed by atoms with Crippen molar-refractivity contribution in [3.8, 4) is 5.75 Å². The Kier molecular flexibility index (Phi) is 8.32. The van der Waals surface area contributed by atoms with E-state index in [1.54, 1.807) is 19.0 Å². The van der Waals surface area contributed by atoms with Crippen LogP contribution in [0.1, 0.15) is 12.0 Å². The highest BCUT2D eigenvalue weighted by Gasteiger charge is 2.34. The van der Waals surface area contributed by atoms with E-state index in [1.807, 2.05) is 60.7 Å². The molecule has 0 spiro atoms. The molecule has 0 saturated heterocycles. The Morgan fingerprint density at radius 1 is 1.11 bits per heavy atom. The third kappa shape index (κ3) is 7.64. The summed E-state index contributed by atoms with van der Waals surface area (Å²) in [6, 6.07) is 19.1. The van der Waals surface area contributed by atoms with Gasteiger partial charge in [0.05, 0.1) is 0 Å². The molecule has 2 aromatic rings. The zero-order valence-corrected chi connectivity index (χ0v) is 17.8. The summed E-state index contributed by atoms with van der Waals surface area (Å²) in [5, 5.41) is 0. The third-order valence-corrected chi connectivity index (χ3v) is 7.58. The molecule has 2 rings (SSSR count). The van der Waals surface area contributed by atoms with E-state index < -0.39 is 18.7 Å². The first-order valence-electron chi connectivity index (χ1n) is 8.44. The van der Waals surface area contributed by atoms with Crippen LogP contribution in [-0.2, 0) is 11.0 Å². The van der Waals surface area contributed by atoms with Crippen molar-refractivity contribution in [3.05, 3.63) is 66.2 Å². The maximum absolute atomic E-state index is 12.1. The molecule has 0 aliphatic heterocycles. The Balaban J connectivity index is 2.21. The van der Waals surface area contributed by atoms with E-state index in [0.29, 0.717) is 16.5 Å². The maximum Gasteiger partial charge on any atom is 0.339 e. The van der Waals surface area contributed by atoms with Gasteiger partial charge in [-0.3, -0.25) is 4.57 Å². The summed E-state index contributed by atoms with van der Waals surface area (Å²) < 4.78 is 18.6. The molecule has 0 aliphatic carbocycles. The van der Waals surface area contributed by atoms with Crippen molar-refractivity contribution in [1.82, 2.24) is 4.90 Å². The summed E-state index contributed by atoms with van der Waals surface area (Å²) in [4.78, 5) is 20.4. The van der Waals surface area contributed by atoms with Crippen LogP contribution in [-0.4, -0.2) is 44.2 Å². The lowest BCUT2D eigenvalue weighted by atomic mass is 10.1. The molecule has 0 aliphatic rings. The van der Waals surface area contributed by atoms with Crippen molar-refractivity contribution in [1.29, 1.82) is 0 Å². The highest BCUT2D eigenvalue weighted by Crippen LogP contribution is 2.50. The van der Waals surface area contributed by atoms with E-state index in [0.717, 1.165) is 17.3 Å². The second-order valence-corrected chi connectivity index (χ2v) is 10.3. The molecule has 146 valence electrons. The molecule has 2 aromatic carbocycles. The molecular weight excluding hydrogens is 401 g/mol. The van der Waals surface area contributed by atoms with Crippen molar-refractivity contribution in [2.24, 2.45) is 0 Å². The lowest BCUT2D eigenvalue weighted by Gasteiger charge is -2.26. The standard InChI is InChI=1S/C19H24NO4PS2/c1-20(2)19(26)27-18(25(21,22)23)14-17(13-15-9-5-3-6-10-15)24-16-11-7-4-8-12-16/h3-12,17-18H,13-14H2,1-2H3,(H2,21,22,23). The molecule has 0 aromatic heterocycles. The fraction of sp³-hybridized carbons (Fsp3) is 0.316. The minimum absolute atomic E-state index is 0.173. The lowest BCUT2D eigenvalue weighted by molar-refractivity contribution is 0.192. The maximum atomic E-state index is 12.1. The fourth-order valence-corrected chi connectivity index (χ4v) is 5.12. The van der Waals surface area contributed by atoms with Gasteiger partial charge < -0.3 is 19.4 Å². The van der Waals surface area contributed by atoms with Crippen molar-refractivity contribution in [2.75, 3.05) is 14.1 Å². The zero-order valence-electron chi connectivity index (χ0n) is 15.3. The van der Waals surface area contributed by atoms with Crippen molar-refractivity contribution >= 4 is 35.9 Å². The Hall–Kier alpha value is -1.37. The molecule has 0 bridgehead atoms. The van der Waals surface area contributed by atoms with Crippen LogP contribution in [0.15, 0.2) is 60.7 Å². The number of hydrogen-bond acceptors (Lipinski definition) is 4.